The van der Waals surface area contributed by atoms with Gasteiger partial charge in [-0.15, -0.1) is 11.3 Å². The van der Waals surface area contributed by atoms with E-state index in [2.05, 4.69) is 24.8 Å². The van der Waals surface area contributed by atoms with Crippen LogP contribution in [0.2, 0.25) is 0 Å². The van der Waals surface area contributed by atoms with Crippen LogP contribution in [0.15, 0.2) is 16.6 Å². The Kier molecular flexibility index (Phi) is 3.55. The first-order valence-electron chi connectivity index (χ1n) is 6.58. The van der Waals surface area contributed by atoms with Gasteiger partial charge in [0, 0.05) is 18.5 Å². The van der Waals surface area contributed by atoms with Crippen LogP contribution in [0, 0.1) is 0 Å². The van der Waals surface area contributed by atoms with Crippen molar-refractivity contribution in [1.29, 1.82) is 0 Å². The van der Waals surface area contributed by atoms with E-state index < -0.39 is 0 Å². The second kappa shape index (κ2) is 5.49. The normalized spacial score (nSPS) is 15.3. The van der Waals surface area contributed by atoms with Crippen molar-refractivity contribution in [3.8, 4) is 11.4 Å². The van der Waals surface area contributed by atoms with Crippen LogP contribution in [0.4, 0.5) is 11.1 Å². The van der Waals surface area contributed by atoms with E-state index in [-0.39, 0.29) is 5.96 Å². The molecule has 0 amide bonds. The SMILES string of the molecule is NC(N)=Nc1nc(-c2cnc(N3CCCCC3)[nH]2)cs1. The number of rotatable bonds is 3. The Hall–Kier alpha value is -2.09. The lowest BCUT2D eigenvalue weighted by Gasteiger charge is -2.25. The van der Waals surface area contributed by atoms with Gasteiger partial charge in [0.05, 0.1) is 11.9 Å². The van der Waals surface area contributed by atoms with Crippen molar-refractivity contribution in [3.63, 3.8) is 0 Å². The Morgan fingerprint density at radius 2 is 2.10 bits per heavy atom. The summed E-state index contributed by atoms with van der Waals surface area (Å²) in [6, 6.07) is 0. The van der Waals surface area contributed by atoms with Crippen molar-refractivity contribution < 1.29 is 0 Å². The van der Waals surface area contributed by atoms with Crippen molar-refractivity contribution in [3.05, 3.63) is 11.6 Å². The Balaban J connectivity index is 1.79. The molecular weight excluding hydrogens is 274 g/mol. The number of guanidine groups is 1. The van der Waals surface area contributed by atoms with Crippen LogP contribution in [-0.4, -0.2) is 34.0 Å². The molecule has 8 heteroatoms. The zero-order valence-electron chi connectivity index (χ0n) is 11.0. The van der Waals surface area contributed by atoms with Crippen LogP contribution >= 0.6 is 11.3 Å². The first-order chi connectivity index (χ1) is 9.72. The number of nitrogens with one attached hydrogen (secondary N) is 1. The zero-order chi connectivity index (χ0) is 13.9. The van der Waals surface area contributed by atoms with Crippen LogP contribution in [0.5, 0.6) is 0 Å². The standard InChI is InChI=1S/C12H17N7S/c13-10(14)18-12-17-9(7-20-12)8-6-15-11(16-8)19-4-2-1-3-5-19/h6-7H,1-5H2,(H,15,16)(H4,13,14,17,18). The van der Waals surface area contributed by atoms with Gasteiger partial charge in [-0.25, -0.2) is 9.97 Å². The van der Waals surface area contributed by atoms with Crippen molar-refractivity contribution in [2.75, 3.05) is 18.0 Å². The van der Waals surface area contributed by atoms with Gasteiger partial charge >= 0.3 is 0 Å². The molecule has 0 aromatic carbocycles. The van der Waals surface area contributed by atoms with Gasteiger partial charge in [0.1, 0.15) is 5.69 Å². The molecule has 7 nitrogen and oxygen atoms in total. The summed E-state index contributed by atoms with van der Waals surface area (Å²) < 4.78 is 0. The third kappa shape index (κ3) is 2.74. The van der Waals surface area contributed by atoms with E-state index >= 15 is 0 Å². The van der Waals surface area contributed by atoms with Gasteiger partial charge in [-0.1, -0.05) is 0 Å². The van der Waals surface area contributed by atoms with E-state index in [0.29, 0.717) is 5.13 Å². The second-order valence-corrected chi connectivity index (χ2v) is 5.56. The lowest BCUT2D eigenvalue weighted by atomic mass is 10.1. The summed E-state index contributed by atoms with van der Waals surface area (Å²) in [4.78, 5) is 18.3. The number of aromatic amines is 1. The largest absolute Gasteiger partial charge is 0.370 e. The molecule has 5 N–H and O–H groups in total. The number of H-pyrrole nitrogens is 1. The molecule has 3 rings (SSSR count). The van der Waals surface area contributed by atoms with E-state index in [1.165, 1.54) is 30.6 Å². The number of nitrogens with two attached hydrogens (primary N) is 2. The van der Waals surface area contributed by atoms with Gasteiger partial charge < -0.3 is 21.4 Å². The van der Waals surface area contributed by atoms with Crippen LogP contribution in [-0.2, 0) is 0 Å². The molecule has 1 aliphatic heterocycles. The third-order valence-corrected chi connectivity index (χ3v) is 3.95. The fourth-order valence-corrected chi connectivity index (χ4v) is 2.96. The molecule has 0 aliphatic carbocycles. The number of piperidine rings is 1. The molecule has 106 valence electrons. The molecule has 0 atom stereocenters. The summed E-state index contributed by atoms with van der Waals surface area (Å²) in [5.41, 5.74) is 12.4. The Morgan fingerprint density at radius 1 is 1.30 bits per heavy atom. The Labute approximate surface area is 120 Å². The Morgan fingerprint density at radius 3 is 2.85 bits per heavy atom. The third-order valence-electron chi connectivity index (χ3n) is 3.21. The average Bonchev–Trinajstić information content (AvgIpc) is 3.07. The molecule has 1 aliphatic rings. The summed E-state index contributed by atoms with van der Waals surface area (Å²) in [6.07, 6.45) is 5.55. The van der Waals surface area contributed by atoms with E-state index in [1.54, 1.807) is 6.20 Å². The van der Waals surface area contributed by atoms with Crippen molar-refractivity contribution in [1.82, 2.24) is 15.0 Å². The average molecular weight is 291 g/mol. The van der Waals surface area contributed by atoms with Crippen LogP contribution in [0.25, 0.3) is 11.4 Å². The number of nitrogens with zero attached hydrogens (tertiary/aromatic N) is 4. The quantitative estimate of drug-likeness (QED) is 0.585. The number of aromatic nitrogens is 3. The van der Waals surface area contributed by atoms with Crippen molar-refractivity contribution in [2.45, 2.75) is 19.3 Å². The molecule has 0 radical (unpaired) electrons. The maximum atomic E-state index is 5.34. The second-order valence-electron chi connectivity index (χ2n) is 4.72. The van der Waals surface area contributed by atoms with Gasteiger partial charge in [0.2, 0.25) is 11.1 Å². The van der Waals surface area contributed by atoms with Gasteiger partial charge in [0.15, 0.2) is 5.96 Å². The van der Waals surface area contributed by atoms with Crippen LogP contribution in [0.1, 0.15) is 19.3 Å². The van der Waals surface area contributed by atoms with Gasteiger partial charge in [-0.2, -0.15) is 4.99 Å². The van der Waals surface area contributed by atoms with Crippen molar-refractivity contribution >= 4 is 28.4 Å². The maximum absolute atomic E-state index is 5.34. The minimum atomic E-state index is 0.0181. The number of anilines is 1. The van der Waals surface area contributed by atoms with Crippen LogP contribution < -0.4 is 16.4 Å². The molecule has 0 unspecified atom stereocenters. The smallest absolute Gasteiger partial charge is 0.212 e. The lowest BCUT2D eigenvalue weighted by molar-refractivity contribution is 0.570. The fraction of sp³-hybridized carbons (Fsp3) is 0.417. The molecule has 20 heavy (non-hydrogen) atoms. The zero-order valence-corrected chi connectivity index (χ0v) is 11.9. The van der Waals surface area contributed by atoms with Gasteiger partial charge in [-0.3, -0.25) is 0 Å². The summed E-state index contributed by atoms with van der Waals surface area (Å²) >= 11 is 1.40. The van der Waals surface area contributed by atoms with E-state index in [1.807, 2.05) is 5.38 Å². The molecule has 1 fully saturated rings. The summed E-state index contributed by atoms with van der Waals surface area (Å²) in [7, 11) is 0. The van der Waals surface area contributed by atoms with E-state index in [9.17, 15) is 0 Å². The minimum absolute atomic E-state index is 0.0181. The fourth-order valence-electron chi connectivity index (χ4n) is 2.26. The van der Waals surface area contributed by atoms with E-state index in [0.717, 1.165) is 30.4 Å². The highest BCUT2D eigenvalue weighted by atomic mass is 32.1. The molecule has 2 aromatic heterocycles. The minimum Gasteiger partial charge on any atom is -0.370 e. The van der Waals surface area contributed by atoms with Crippen LogP contribution in [0.3, 0.4) is 0 Å². The Bertz CT molecular complexity index is 605. The highest BCUT2D eigenvalue weighted by molar-refractivity contribution is 7.13. The number of hydrogen-bond acceptors (Lipinski definition) is 5. The number of imidazole rings is 1. The summed E-state index contributed by atoms with van der Waals surface area (Å²) in [5.74, 6) is 0.931. The highest BCUT2D eigenvalue weighted by Gasteiger charge is 2.15. The van der Waals surface area contributed by atoms with E-state index in [4.69, 9.17) is 11.5 Å². The molecule has 0 bridgehead atoms. The molecule has 2 aromatic rings. The molecule has 1 saturated heterocycles. The summed E-state index contributed by atoms with van der Waals surface area (Å²) in [6.45, 7) is 2.12. The number of hydrogen-bond donors (Lipinski definition) is 3. The topological polar surface area (TPSA) is 109 Å². The molecule has 0 spiro atoms. The number of aliphatic imine (C=N–C) groups is 1. The predicted octanol–water partition coefficient (Wildman–Crippen LogP) is 1.43. The first-order valence-corrected chi connectivity index (χ1v) is 7.46. The lowest BCUT2D eigenvalue weighted by Crippen LogP contribution is -2.30. The number of thiazole rings is 1. The predicted molar refractivity (Wildman–Crippen MR) is 81.2 cm³/mol. The summed E-state index contributed by atoms with van der Waals surface area (Å²) in [5, 5.41) is 2.46. The van der Waals surface area contributed by atoms with Crippen molar-refractivity contribution in [2.24, 2.45) is 16.5 Å². The van der Waals surface area contributed by atoms with Gasteiger partial charge in [-0.05, 0) is 19.3 Å². The monoisotopic (exact) mass is 291 g/mol. The highest BCUT2D eigenvalue weighted by Crippen LogP contribution is 2.27. The molecule has 0 saturated carbocycles. The molecule has 3 heterocycles. The molecular formula is C12H17N7S. The van der Waals surface area contributed by atoms with Gasteiger partial charge in [0.25, 0.3) is 0 Å². The maximum Gasteiger partial charge on any atom is 0.212 e. The first kappa shape index (κ1) is 12.9.